The minimum atomic E-state index is -4.38. The van der Waals surface area contributed by atoms with Crippen LogP contribution in [0.5, 0.6) is 5.75 Å². The highest BCUT2D eigenvalue weighted by atomic mass is 19.4. The van der Waals surface area contributed by atoms with Crippen molar-refractivity contribution in [3.8, 4) is 5.75 Å². The molecule has 0 bridgehead atoms. The summed E-state index contributed by atoms with van der Waals surface area (Å²) in [6, 6.07) is 9.29. The van der Waals surface area contributed by atoms with Crippen LogP contribution >= 0.6 is 0 Å². The van der Waals surface area contributed by atoms with Gasteiger partial charge < -0.3 is 15.0 Å². The number of alkyl halides is 3. The van der Waals surface area contributed by atoms with E-state index in [2.05, 4.69) is 10.2 Å². The number of carbonyl (C=O) groups is 1. The van der Waals surface area contributed by atoms with Gasteiger partial charge in [-0.15, -0.1) is 0 Å². The first-order chi connectivity index (χ1) is 13.7. The Morgan fingerprint density at radius 1 is 1.14 bits per heavy atom. The fourth-order valence-electron chi connectivity index (χ4n) is 3.71. The Morgan fingerprint density at radius 2 is 1.83 bits per heavy atom. The van der Waals surface area contributed by atoms with Crippen LogP contribution < -0.4 is 15.0 Å². The van der Waals surface area contributed by atoms with Crippen molar-refractivity contribution in [2.45, 2.75) is 52.4 Å². The second-order valence-corrected chi connectivity index (χ2v) is 7.47. The normalized spacial score (nSPS) is 15.3. The summed E-state index contributed by atoms with van der Waals surface area (Å²) in [6.07, 6.45) is -3.88. The van der Waals surface area contributed by atoms with Gasteiger partial charge in [0.05, 0.1) is 0 Å². The number of fused-ring (bicyclic) bond motifs is 1. The number of ether oxygens (including phenoxy) is 1. The van der Waals surface area contributed by atoms with Gasteiger partial charge in [0.15, 0.2) is 6.10 Å². The van der Waals surface area contributed by atoms with Gasteiger partial charge in [0.25, 0.3) is 0 Å². The lowest BCUT2D eigenvalue weighted by atomic mass is 10.0. The van der Waals surface area contributed by atoms with Crippen LogP contribution in [0.1, 0.15) is 35.6 Å². The fraction of sp³-hybridized carbons (Fsp3) is 0.409. The monoisotopic (exact) mass is 406 g/mol. The third kappa shape index (κ3) is 4.83. The molecule has 1 amide bonds. The van der Waals surface area contributed by atoms with Crippen LogP contribution in [0.15, 0.2) is 30.3 Å². The van der Waals surface area contributed by atoms with Gasteiger partial charge in [-0.3, -0.25) is 4.79 Å². The molecule has 0 aliphatic carbocycles. The van der Waals surface area contributed by atoms with Gasteiger partial charge in [-0.2, -0.15) is 13.2 Å². The van der Waals surface area contributed by atoms with E-state index in [1.807, 2.05) is 32.0 Å². The molecule has 0 spiro atoms. The van der Waals surface area contributed by atoms with Crippen molar-refractivity contribution in [2.75, 3.05) is 16.8 Å². The number of nitrogens with zero attached hydrogens (tertiary/aromatic N) is 1. The number of halogens is 3. The summed E-state index contributed by atoms with van der Waals surface area (Å²) in [6.45, 7) is 6.44. The second-order valence-electron chi connectivity index (χ2n) is 7.47. The highest BCUT2D eigenvalue weighted by molar-refractivity contribution is 5.77. The number of hydrogen-bond acceptors (Lipinski definition) is 3. The number of nitrogens with one attached hydrogen (secondary N) is 1. The van der Waals surface area contributed by atoms with E-state index in [1.165, 1.54) is 0 Å². The SMILES string of the molecule is Cc1cc(N2CCCc3cc(OC(C)C(F)(F)F)ccc3C2)cc(C)c1NC=O. The average molecular weight is 406 g/mol. The first-order valence-corrected chi connectivity index (χ1v) is 9.60. The van der Waals surface area contributed by atoms with Crippen LogP contribution in [0.3, 0.4) is 0 Å². The summed E-state index contributed by atoms with van der Waals surface area (Å²) < 4.78 is 43.4. The van der Waals surface area contributed by atoms with Crippen molar-refractivity contribution in [1.82, 2.24) is 0 Å². The maximum atomic E-state index is 12.8. The van der Waals surface area contributed by atoms with Crippen LogP contribution in [0.2, 0.25) is 0 Å². The lowest BCUT2D eigenvalue weighted by molar-refractivity contribution is -0.189. The van der Waals surface area contributed by atoms with Crippen molar-refractivity contribution in [1.29, 1.82) is 0 Å². The number of benzene rings is 2. The van der Waals surface area contributed by atoms with Gasteiger partial charge in [0.1, 0.15) is 5.75 Å². The molecule has 2 aromatic carbocycles. The molecule has 0 saturated carbocycles. The number of anilines is 2. The van der Waals surface area contributed by atoms with E-state index in [1.54, 1.807) is 12.1 Å². The summed E-state index contributed by atoms with van der Waals surface area (Å²) in [4.78, 5) is 13.1. The van der Waals surface area contributed by atoms with Crippen molar-refractivity contribution >= 4 is 17.8 Å². The molecule has 1 unspecified atom stereocenters. The highest BCUT2D eigenvalue weighted by Crippen LogP contribution is 2.32. The van der Waals surface area contributed by atoms with E-state index in [0.717, 1.165) is 59.9 Å². The molecule has 0 saturated heterocycles. The molecule has 1 aliphatic rings. The van der Waals surface area contributed by atoms with Crippen molar-refractivity contribution in [3.05, 3.63) is 52.6 Å². The van der Waals surface area contributed by atoms with E-state index in [9.17, 15) is 18.0 Å². The maximum Gasteiger partial charge on any atom is 0.425 e. The summed E-state index contributed by atoms with van der Waals surface area (Å²) in [5, 5.41) is 2.74. The second kappa shape index (κ2) is 8.35. The standard InChI is InChI=1S/C22H25F3N2O2/c1-14-9-19(10-15(2)21(14)26-13-28)27-8-4-5-17-11-20(7-6-18(17)12-27)29-16(3)22(23,24)25/h6-7,9-11,13,16H,4-5,8,12H2,1-3H3,(H,26,28). The topological polar surface area (TPSA) is 41.6 Å². The third-order valence-corrected chi connectivity index (χ3v) is 5.27. The number of aryl methyl sites for hydroxylation is 3. The maximum absolute atomic E-state index is 12.8. The van der Waals surface area contributed by atoms with Crippen LogP contribution in [0.25, 0.3) is 0 Å². The van der Waals surface area contributed by atoms with Gasteiger partial charge >= 0.3 is 6.18 Å². The van der Waals surface area contributed by atoms with Gasteiger partial charge in [0.2, 0.25) is 6.41 Å². The zero-order chi connectivity index (χ0) is 21.2. The van der Waals surface area contributed by atoms with Crippen LogP contribution in [0, 0.1) is 13.8 Å². The van der Waals surface area contributed by atoms with Crippen LogP contribution in [-0.2, 0) is 17.8 Å². The van der Waals surface area contributed by atoms with Gasteiger partial charge in [-0.25, -0.2) is 0 Å². The summed E-state index contributed by atoms with van der Waals surface area (Å²) in [5.74, 6) is 0.248. The zero-order valence-electron chi connectivity index (χ0n) is 16.8. The lowest BCUT2D eigenvalue weighted by Crippen LogP contribution is -2.31. The number of rotatable bonds is 5. The Labute approximate surface area is 168 Å². The Balaban J connectivity index is 1.82. The molecular formula is C22H25F3N2O2. The number of amides is 1. The Kier molecular flexibility index (Phi) is 6.05. The number of carbonyl (C=O) groups excluding carboxylic acids is 1. The van der Waals surface area contributed by atoms with E-state index in [-0.39, 0.29) is 5.75 Å². The van der Waals surface area contributed by atoms with Crippen LogP contribution in [-0.4, -0.2) is 25.2 Å². The van der Waals surface area contributed by atoms with E-state index >= 15 is 0 Å². The molecule has 3 rings (SSSR count). The van der Waals surface area contributed by atoms with Gasteiger partial charge in [0, 0.05) is 24.5 Å². The van der Waals surface area contributed by atoms with E-state index < -0.39 is 12.3 Å². The van der Waals surface area contributed by atoms with E-state index in [0.29, 0.717) is 13.0 Å². The predicted molar refractivity (Wildman–Crippen MR) is 108 cm³/mol. The minimum Gasteiger partial charge on any atom is -0.481 e. The summed E-state index contributed by atoms with van der Waals surface area (Å²) in [5.41, 5.74) is 5.96. The molecule has 1 heterocycles. The smallest absolute Gasteiger partial charge is 0.425 e. The molecule has 156 valence electrons. The lowest BCUT2D eigenvalue weighted by Gasteiger charge is -2.25. The first-order valence-electron chi connectivity index (χ1n) is 9.60. The highest BCUT2D eigenvalue weighted by Gasteiger charge is 2.38. The van der Waals surface area contributed by atoms with Crippen molar-refractivity contribution in [3.63, 3.8) is 0 Å². The molecule has 7 heteroatoms. The third-order valence-electron chi connectivity index (χ3n) is 5.27. The van der Waals surface area contributed by atoms with Gasteiger partial charge in [-0.1, -0.05) is 6.07 Å². The molecule has 0 aromatic heterocycles. The average Bonchev–Trinajstić information content (AvgIpc) is 2.85. The quantitative estimate of drug-likeness (QED) is 0.698. The molecule has 1 atom stereocenters. The Bertz CT molecular complexity index is 873. The Hall–Kier alpha value is -2.70. The molecule has 0 fully saturated rings. The molecular weight excluding hydrogens is 381 g/mol. The summed E-state index contributed by atoms with van der Waals surface area (Å²) >= 11 is 0. The molecule has 1 aliphatic heterocycles. The first kappa shape index (κ1) is 21.0. The predicted octanol–water partition coefficient (Wildman–Crippen LogP) is 5.15. The molecule has 29 heavy (non-hydrogen) atoms. The zero-order valence-corrected chi connectivity index (χ0v) is 16.8. The van der Waals surface area contributed by atoms with E-state index in [4.69, 9.17) is 4.74 Å². The largest absolute Gasteiger partial charge is 0.481 e. The number of hydrogen-bond donors (Lipinski definition) is 1. The van der Waals surface area contributed by atoms with Gasteiger partial charge in [-0.05, 0) is 80.1 Å². The molecule has 0 radical (unpaired) electrons. The van der Waals surface area contributed by atoms with Crippen molar-refractivity contribution in [2.24, 2.45) is 0 Å². The Morgan fingerprint density at radius 3 is 2.45 bits per heavy atom. The molecule has 4 nitrogen and oxygen atoms in total. The molecule has 2 aromatic rings. The summed E-state index contributed by atoms with van der Waals surface area (Å²) in [7, 11) is 0. The van der Waals surface area contributed by atoms with Crippen LogP contribution in [0.4, 0.5) is 24.5 Å². The minimum absolute atomic E-state index is 0.248. The molecule has 1 N–H and O–H groups in total. The fourth-order valence-corrected chi connectivity index (χ4v) is 3.71. The van der Waals surface area contributed by atoms with Crippen molar-refractivity contribution < 1.29 is 22.7 Å².